The molecule has 2 rings (SSSR count). The fourth-order valence-electron chi connectivity index (χ4n) is 2.02. The monoisotopic (exact) mass is 291 g/mol. The molecular weight excluding hydrogens is 270 g/mol. The van der Waals surface area contributed by atoms with E-state index in [0.29, 0.717) is 17.1 Å². The minimum Gasteiger partial charge on any atom is -0.479 e. The van der Waals surface area contributed by atoms with Gasteiger partial charge in [-0.05, 0) is 31.0 Å². The van der Waals surface area contributed by atoms with Crippen LogP contribution in [-0.4, -0.2) is 24.0 Å². The Morgan fingerprint density at radius 2 is 2.24 bits per heavy atom. The number of nitrogens with two attached hydrogens (primary N) is 1. The molecule has 2 amide bonds. The smallest absolute Gasteiger partial charge is 0.265 e. The molecule has 0 saturated carbocycles. The number of hydrogen-bond donors (Lipinski definition) is 3. The van der Waals surface area contributed by atoms with Crippen molar-refractivity contribution in [3.63, 3.8) is 0 Å². The minimum absolute atomic E-state index is 0.103. The lowest BCUT2D eigenvalue weighted by atomic mass is 9.99. The summed E-state index contributed by atoms with van der Waals surface area (Å²) < 4.78 is 5.46. The lowest BCUT2D eigenvalue weighted by Gasteiger charge is -2.24. The van der Waals surface area contributed by atoms with E-state index in [1.807, 2.05) is 13.8 Å². The van der Waals surface area contributed by atoms with Crippen LogP contribution in [-0.2, 0) is 9.59 Å². The maximum absolute atomic E-state index is 12.0. The molecule has 0 spiro atoms. The van der Waals surface area contributed by atoms with E-state index in [1.54, 1.807) is 25.1 Å². The van der Waals surface area contributed by atoms with E-state index in [2.05, 4.69) is 10.6 Å². The number of fused-ring (bicyclic) bond motifs is 1. The van der Waals surface area contributed by atoms with E-state index < -0.39 is 12.1 Å². The summed E-state index contributed by atoms with van der Waals surface area (Å²) in [7, 11) is 0. The zero-order valence-electron chi connectivity index (χ0n) is 12.5. The van der Waals surface area contributed by atoms with Crippen molar-refractivity contribution in [1.82, 2.24) is 0 Å². The highest BCUT2D eigenvalue weighted by Gasteiger charge is 2.24. The van der Waals surface area contributed by atoms with Crippen molar-refractivity contribution in [2.45, 2.75) is 39.3 Å². The first-order valence-electron chi connectivity index (χ1n) is 7.10. The molecule has 1 aliphatic heterocycles. The summed E-state index contributed by atoms with van der Waals surface area (Å²) in [4.78, 5) is 23.6. The Balaban J connectivity index is 2.11. The van der Waals surface area contributed by atoms with Gasteiger partial charge in [-0.15, -0.1) is 0 Å². The minimum atomic E-state index is -0.558. The van der Waals surface area contributed by atoms with Gasteiger partial charge in [-0.2, -0.15) is 0 Å². The quantitative estimate of drug-likeness (QED) is 0.787. The van der Waals surface area contributed by atoms with Gasteiger partial charge in [0.05, 0.1) is 11.7 Å². The van der Waals surface area contributed by atoms with E-state index in [-0.39, 0.29) is 17.7 Å². The molecule has 1 aliphatic rings. The van der Waals surface area contributed by atoms with Gasteiger partial charge in [0.25, 0.3) is 5.91 Å². The number of benzene rings is 1. The predicted octanol–water partition coefficient (Wildman–Crippen LogP) is 1.72. The van der Waals surface area contributed by atoms with Crippen LogP contribution in [0.5, 0.6) is 5.75 Å². The maximum Gasteiger partial charge on any atom is 0.265 e. The Morgan fingerprint density at radius 3 is 2.90 bits per heavy atom. The molecule has 1 unspecified atom stereocenters. The lowest BCUT2D eigenvalue weighted by molar-refractivity contribution is -0.122. The highest BCUT2D eigenvalue weighted by molar-refractivity contribution is 6.00. The Labute approximate surface area is 124 Å². The number of carbonyl (C=O) groups is 2. The average molecular weight is 291 g/mol. The number of nitrogens with one attached hydrogen (secondary N) is 2. The predicted molar refractivity (Wildman–Crippen MR) is 81.2 cm³/mol. The molecule has 114 valence electrons. The van der Waals surface area contributed by atoms with E-state index in [9.17, 15) is 9.59 Å². The van der Waals surface area contributed by atoms with Crippen LogP contribution in [0, 0.1) is 5.92 Å². The van der Waals surface area contributed by atoms with Gasteiger partial charge in [0.1, 0.15) is 5.75 Å². The zero-order chi connectivity index (χ0) is 15.6. The Kier molecular flexibility index (Phi) is 4.47. The molecule has 0 aliphatic carbocycles. The first-order valence-corrected chi connectivity index (χ1v) is 7.10. The molecular formula is C15H21N3O3. The fraction of sp³-hybridized carbons (Fsp3) is 0.467. The van der Waals surface area contributed by atoms with Gasteiger partial charge in [0.2, 0.25) is 5.91 Å². The zero-order valence-corrected chi connectivity index (χ0v) is 12.5. The lowest BCUT2D eigenvalue weighted by Crippen LogP contribution is -2.40. The highest BCUT2D eigenvalue weighted by Crippen LogP contribution is 2.32. The molecule has 6 heteroatoms. The topological polar surface area (TPSA) is 93.5 Å². The number of anilines is 2. The molecule has 6 nitrogen and oxygen atoms in total. The van der Waals surface area contributed by atoms with Crippen molar-refractivity contribution < 1.29 is 14.3 Å². The largest absolute Gasteiger partial charge is 0.479 e. The maximum atomic E-state index is 12.0. The summed E-state index contributed by atoms with van der Waals surface area (Å²) in [5.41, 5.74) is 7.02. The van der Waals surface area contributed by atoms with Crippen LogP contribution in [0.3, 0.4) is 0 Å². The molecule has 1 aromatic carbocycles. The Bertz CT molecular complexity index is 559. The fourth-order valence-corrected chi connectivity index (χ4v) is 2.02. The summed E-state index contributed by atoms with van der Waals surface area (Å²) >= 11 is 0. The molecule has 3 atom stereocenters. The third-order valence-electron chi connectivity index (χ3n) is 3.74. The normalized spacial score (nSPS) is 19.8. The number of amides is 2. The van der Waals surface area contributed by atoms with E-state index in [4.69, 9.17) is 10.5 Å². The molecule has 1 aromatic rings. The molecule has 0 radical (unpaired) electrons. The van der Waals surface area contributed by atoms with Crippen LogP contribution >= 0.6 is 0 Å². The first-order chi connectivity index (χ1) is 9.92. The standard InChI is InChI=1S/C15H21N3O3/c1-4-8(2)13(16)15(20)17-10-5-6-12-11(7-10)18-14(19)9(3)21-12/h5-9,13H,4,16H2,1-3H3,(H,17,20)(H,18,19)/t8-,9?,13-/m0/s1. The van der Waals surface area contributed by atoms with Crippen molar-refractivity contribution in [1.29, 1.82) is 0 Å². The molecule has 0 bridgehead atoms. The van der Waals surface area contributed by atoms with Crippen LogP contribution in [0.1, 0.15) is 27.2 Å². The summed E-state index contributed by atoms with van der Waals surface area (Å²) in [5.74, 6) is 0.251. The number of rotatable bonds is 4. The van der Waals surface area contributed by atoms with Gasteiger partial charge in [0.15, 0.2) is 6.10 Å². The van der Waals surface area contributed by atoms with Crippen LogP contribution in [0.15, 0.2) is 18.2 Å². The summed E-state index contributed by atoms with van der Waals surface area (Å²) in [6.45, 7) is 5.61. The SMILES string of the molecule is CC[C@H](C)[C@H](N)C(=O)Nc1ccc2c(c1)NC(=O)C(C)O2. The Morgan fingerprint density at radius 1 is 1.52 bits per heavy atom. The third kappa shape index (κ3) is 3.33. The number of ether oxygens (including phenoxy) is 1. The molecule has 21 heavy (non-hydrogen) atoms. The van der Waals surface area contributed by atoms with Gasteiger partial charge in [-0.3, -0.25) is 9.59 Å². The molecule has 0 fully saturated rings. The summed E-state index contributed by atoms with van der Waals surface area (Å²) in [5, 5.41) is 5.50. The second kappa shape index (κ2) is 6.13. The van der Waals surface area contributed by atoms with E-state index in [1.165, 1.54) is 0 Å². The van der Waals surface area contributed by atoms with Crippen LogP contribution < -0.4 is 21.1 Å². The molecule has 0 aromatic heterocycles. The summed E-state index contributed by atoms with van der Waals surface area (Å²) in [6.07, 6.45) is 0.317. The third-order valence-corrected chi connectivity index (χ3v) is 3.74. The van der Waals surface area contributed by atoms with Gasteiger partial charge in [-0.1, -0.05) is 20.3 Å². The van der Waals surface area contributed by atoms with E-state index in [0.717, 1.165) is 6.42 Å². The van der Waals surface area contributed by atoms with Crippen LogP contribution in [0.25, 0.3) is 0 Å². The van der Waals surface area contributed by atoms with Crippen molar-refractivity contribution >= 4 is 23.2 Å². The van der Waals surface area contributed by atoms with Crippen LogP contribution in [0.4, 0.5) is 11.4 Å². The molecule has 4 N–H and O–H groups in total. The first kappa shape index (κ1) is 15.3. The van der Waals surface area contributed by atoms with Gasteiger partial charge in [-0.25, -0.2) is 0 Å². The van der Waals surface area contributed by atoms with Crippen LogP contribution in [0.2, 0.25) is 0 Å². The highest BCUT2D eigenvalue weighted by atomic mass is 16.5. The van der Waals surface area contributed by atoms with Crippen molar-refractivity contribution in [3.8, 4) is 5.75 Å². The molecule has 0 saturated heterocycles. The van der Waals surface area contributed by atoms with Gasteiger partial charge < -0.3 is 21.1 Å². The molecule has 1 heterocycles. The van der Waals surface area contributed by atoms with Gasteiger partial charge >= 0.3 is 0 Å². The van der Waals surface area contributed by atoms with Gasteiger partial charge in [0, 0.05) is 5.69 Å². The van der Waals surface area contributed by atoms with Crippen molar-refractivity contribution in [3.05, 3.63) is 18.2 Å². The van der Waals surface area contributed by atoms with Crippen molar-refractivity contribution in [2.24, 2.45) is 11.7 Å². The second-order valence-electron chi connectivity index (χ2n) is 5.36. The average Bonchev–Trinajstić information content (AvgIpc) is 2.47. The summed E-state index contributed by atoms with van der Waals surface area (Å²) in [6, 6.07) is 4.55. The van der Waals surface area contributed by atoms with Crippen molar-refractivity contribution in [2.75, 3.05) is 10.6 Å². The Hall–Kier alpha value is -2.08. The van der Waals surface area contributed by atoms with E-state index >= 15 is 0 Å². The number of hydrogen-bond acceptors (Lipinski definition) is 4. The number of carbonyl (C=O) groups excluding carboxylic acids is 2. The second-order valence-corrected chi connectivity index (χ2v) is 5.36.